The van der Waals surface area contributed by atoms with Crippen LogP contribution in [0.25, 0.3) is 11.2 Å². The summed E-state index contributed by atoms with van der Waals surface area (Å²) in [4.78, 5) is 30.0. The van der Waals surface area contributed by atoms with Crippen molar-refractivity contribution in [3.05, 3.63) is 26.7 Å². The number of nitrogens with one attached hydrogen (secondary N) is 1. The lowest BCUT2D eigenvalue weighted by atomic mass is 10.1. The number of aromatic amines is 1. The molecular formula is C13H20N4O4. The van der Waals surface area contributed by atoms with E-state index in [1.807, 2.05) is 0 Å². The second-order valence-electron chi connectivity index (χ2n) is 5.16. The van der Waals surface area contributed by atoms with Crippen molar-refractivity contribution in [2.24, 2.45) is 14.1 Å². The Morgan fingerprint density at radius 2 is 1.95 bits per heavy atom. The Balaban J connectivity index is 2.20. The third-order valence-corrected chi connectivity index (χ3v) is 3.63. The van der Waals surface area contributed by atoms with Crippen LogP contribution in [-0.2, 0) is 20.5 Å². The molecule has 3 N–H and O–H groups in total. The smallest absolute Gasteiger partial charge is 0.329 e. The van der Waals surface area contributed by atoms with Gasteiger partial charge in [-0.1, -0.05) is 6.42 Å². The van der Waals surface area contributed by atoms with Crippen molar-refractivity contribution in [2.75, 3.05) is 6.61 Å². The van der Waals surface area contributed by atoms with Gasteiger partial charge >= 0.3 is 5.69 Å². The van der Waals surface area contributed by atoms with Gasteiger partial charge in [-0.2, -0.15) is 0 Å². The van der Waals surface area contributed by atoms with E-state index in [2.05, 4.69) is 9.97 Å². The Morgan fingerprint density at radius 1 is 1.24 bits per heavy atom. The van der Waals surface area contributed by atoms with Gasteiger partial charge in [-0.15, -0.1) is 0 Å². The quantitative estimate of drug-likeness (QED) is 0.593. The lowest BCUT2D eigenvalue weighted by Gasteiger charge is -2.06. The van der Waals surface area contributed by atoms with Gasteiger partial charge in [0.05, 0.1) is 12.7 Å². The second-order valence-corrected chi connectivity index (χ2v) is 5.16. The Morgan fingerprint density at radius 3 is 2.62 bits per heavy atom. The van der Waals surface area contributed by atoms with Crippen LogP contribution in [0.5, 0.6) is 0 Å². The van der Waals surface area contributed by atoms with Crippen molar-refractivity contribution in [3.63, 3.8) is 0 Å². The highest BCUT2D eigenvalue weighted by Crippen LogP contribution is 2.12. The molecule has 0 saturated carbocycles. The van der Waals surface area contributed by atoms with E-state index in [1.165, 1.54) is 4.57 Å². The van der Waals surface area contributed by atoms with E-state index in [4.69, 9.17) is 5.11 Å². The molecule has 0 aliphatic rings. The zero-order valence-electron chi connectivity index (χ0n) is 12.2. The fourth-order valence-electron chi connectivity index (χ4n) is 2.33. The largest absolute Gasteiger partial charge is 0.394 e. The van der Waals surface area contributed by atoms with Gasteiger partial charge in [0.15, 0.2) is 11.2 Å². The minimum absolute atomic E-state index is 0.232. The van der Waals surface area contributed by atoms with Gasteiger partial charge in [-0.05, 0) is 12.8 Å². The van der Waals surface area contributed by atoms with E-state index < -0.39 is 17.4 Å². The number of aliphatic hydroxyl groups is 2. The third kappa shape index (κ3) is 3.06. The Hall–Kier alpha value is -1.93. The van der Waals surface area contributed by atoms with Crippen molar-refractivity contribution >= 4 is 11.2 Å². The van der Waals surface area contributed by atoms with E-state index in [0.29, 0.717) is 24.0 Å². The average Bonchev–Trinajstić information content (AvgIpc) is 2.78. The van der Waals surface area contributed by atoms with Crippen LogP contribution in [0.15, 0.2) is 9.59 Å². The van der Waals surface area contributed by atoms with E-state index >= 15 is 0 Å². The predicted octanol–water partition coefficient (Wildman–Crippen LogP) is -0.974. The van der Waals surface area contributed by atoms with Crippen LogP contribution in [0, 0.1) is 0 Å². The number of rotatable bonds is 6. The molecule has 21 heavy (non-hydrogen) atoms. The number of nitrogens with zero attached hydrogens (tertiary/aromatic N) is 3. The molecular weight excluding hydrogens is 276 g/mol. The Labute approximate surface area is 120 Å². The normalized spacial score (nSPS) is 13.0. The van der Waals surface area contributed by atoms with Crippen LogP contribution < -0.4 is 11.2 Å². The number of unbranched alkanes of at least 4 members (excludes halogenated alkanes) is 1. The molecule has 0 radical (unpaired) electrons. The Kier molecular flexibility index (Phi) is 4.59. The SMILES string of the molecule is Cn1c(CCCCC(O)CO)nc2c1c(=O)[nH]c(=O)n2C. The van der Waals surface area contributed by atoms with Crippen molar-refractivity contribution in [1.82, 2.24) is 19.1 Å². The maximum atomic E-state index is 11.9. The van der Waals surface area contributed by atoms with E-state index in [1.54, 1.807) is 18.7 Å². The van der Waals surface area contributed by atoms with E-state index in [9.17, 15) is 14.7 Å². The molecule has 0 bridgehead atoms. The molecule has 0 fully saturated rings. The van der Waals surface area contributed by atoms with Crippen molar-refractivity contribution in [3.8, 4) is 0 Å². The number of hydrogen-bond acceptors (Lipinski definition) is 5. The summed E-state index contributed by atoms with van der Waals surface area (Å²) in [6.07, 6.45) is 2.01. The highest BCUT2D eigenvalue weighted by molar-refractivity contribution is 5.70. The van der Waals surface area contributed by atoms with Crippen molar-refractivity contribution in [1.29, 1.82) is 0 Å². The van der Waals surface area contributed by atoms with Gasteiger partial charge in [-0.3, -0.25) is 14.3 Å². The first-order valence-electron chi connectivity index (χ1n) is 6.89. The summed E-state index contributed by atoms with van der Waals surface area (Å²) in [6, 6.07) is 0. The minimum atomic E-state index is -0.686. The predicted molar refractivity (Wildman–Crippen MR) is 77.2 cm³/mol. The molecule has 1 atom stereocenters. The molecule has 0 spiro atoms. The molecule has 0 aromatic carbocycles. The van der Waals surface area contributed by atoms with Gasteiger partial charge in [-0.25, -0.2) is 9.78 Å². The molecule has 8 heteroatoms. The van der Waals surface area contributed by atoms with Crippen LogP contribution in [0.2, 0.25) is 0 Å². The summed E-state index contributed by atoms with van der Waals surface area (Å²) >= 11 is 0. The van der Waals surface area contributed by atoms with Gasteiger partial charge < -0.3 is 14.8 Å². The van der Waals surface area contributed by atoms with Crippen LogP contribution in [0.1, 0.15) is 25.1 Å². The van der Waals surface area contributed by atoms with Crippen LogP contribution in [-0.4, -0.2) is 42.0 Å². The highest BCUT2D eigenvalue weighted by atomic mass is 16.3. The second kappa shape index (κ2) is 6.23. The molecule has 2 aromatic rings. The summed E-state index contributed by atoms with van der Waals surface area (Å²) in [5.74, 6) is 0.718. The number of aromatic nitrogens is 4. The van der Waals surface area contributed by atoms with Crippen molar-refractivity contribution in [2.45, 2.75) is 31.8 Å². The highest BCUT2D eigenvalue weighted by Gasteiger charge is 2.14. The topological polar surface area (TPSA) is 113 Å². The van der Waals surface area contributed by atoms with Gasteiger partial charge in [0.25, 0.3) is 5.56 Å². The summed E-state index contributed by atoms with van der Waals surface area (Å²) < 4.78 is 3.01. The minimum Gasteiger partial charge on any atom is -0.394 e. The molecule has 1 unspecified atom stereocenters. The van der Waals surface area contributed by atoms with E-state index in [-0.39, 0.29) is 6.61 Å². The number of H-pyrrole nitrogens is 1. The summed E-state index contributed by atoms with van der Waals surface area (Å²) in [6.45, 7) is -0.232. The summed E-state index contributed by atoms with van der Waals surface area (Å²) in [5, 5.41) is 18.0. The van der Waals surface area contributed by atoms with E-state index in [0.717, 1.165) is 18.7 Å². The molecule has 2 aromatic heterocycles. The lowest BCUT2D eigenvalue weighted by Crippen LogP contribution is -2.29. The summed E-state index contributed by atoms with van der Waals surface area (Å²) in [7, 11) is 3.31. The molecule has 2 heterocycles. The van der Waals surface area contributed by atoms with Crippen LogP contribution in [0.3, 0.4) is 0 Å². The fourth-order valence-corrected chi connectivity index (χ4v) is 2.33. The first kappa shape index (κ1) is 15.5. The monoisotopic (exact) mass is 296 g/mol. The summed E-state index contributed by atoms with van der Waals surface area (Å²) in [5.41, 5.74) is -0.174. The molecule has 0 amide bonds. The molecule has 2 rings (SSSR count). The molecule has 0 aliphatic heterocycles. The third-order valence-electron chi connectivity index (χ3n) is 3.63. The molecule has 0 aliphatic carbocycles. The van der Waals surface area contributed by atoms with Gasteiger partial charge in [0, 0.05) is 20.5 Å². The number of hydrogen-bond donors (Lipinski definition) is 3. The number of aliphatic hydroxyl groups excluding tert-OH is 2. The molecule has 116 valence electrons. The first-order chi connectivity index (χ1) is 9.95. The molecule has 0 saturated heterocycles. The average molecular weight is 296 g/mol. The zero-order chi connectivity index (χ0) is 15.6. The maximum Gasteiger partial charge on any atom is 0.329 e. The van der Waals surface area contributed by atoms with Gasteiger partial charge in [0.2, 0.25) is 0 Å². The number of imidazole rings is 1. The Bertz CT molecular complexity index is 743. The number of aryl methyl sites for hydroxylation is 3. The maximum absolute atomic E-state index is 11.9. The standard InChI is InChI=1S/C13H20N4O4/c1-16-9(6-4-3-5-8(19)7-18)14-11-10(16)12(20)15-13(21)17(11)2/h8,18-19H,3-7H2,1-2H3,(H,15,20,21). The van der Waals surface area contributed by atoms with Crippen LogP contribution >= 0.6 is 0 Å². The fraction of sp³-hybridized carbons (Fsp3) is 0.615. The van der Waals surface area contributed by atoms with Crippen LogP contribution in [0.4, 0.5) is 0 Å². The van der Waals surface area contributed by atoms with Gasteiger partial charge in [0.1, 0.15) is 5.82 Å². The molecule has 8 nitrogen and oxygen atoms in total. The first-order valence-corrected chi connectivity index (χ1v) is 6.89. The number of fused-ring (bicyclic) bond motifs is 1. The van der Waals surface area contributed by atoms with Crippen molar-refractivity contribution < 1.29 is 10.2 Å². The zero-order valence-corrected chi connectivity index (χ0v) is 12.2. The lowest BCUT2D eigenvalue weighted by molar-refractivity contribution is 0.0861.